The molecule has 2 aromatic heterocycles. The van der Waals surface area contributed by atoms with E-state index in [0.29, 0.717) is 17.6 Å². The fourth-order valence-corrected chi connectivity index (χ4v) is 4.02. The first-order valence-electron chi connectivity index (χ1n) is 9.98. The minimum Gasteiger partial charge on any atom is -0.348 e. The van der Waals surface area contributed by atoms with E-state index < -0.39 is 0 Å². The molecule has 3 aromatic rings. The molecule has 1 aromatic carbocycles. The topological polar surface area (TPSA) is 68.9 Å². The monoisotopic (exact) mass is 378 g/mol. The summed E-state index contributed by atoms with van der Waals surface area (Å²) in [5.74, 6) is 0.755. The lowest BCUT2D eigenvalue weighted by Crippen LogP contribution is -2.32. The van der Waals surface area contributed by atoms with Gasteiger partial charge in [0.1, 0.15) is 17.9 Å². The van der Waals surface area contributed by atoms with Gasteiger partial charge in [0, 0.05) is 18.7 Å². The molecule has 3 heterocycles. The number of rotatable bonds is 4. The number of nitrogens with one attached hydrogen (secondary N) is 1. The quantitative estimate of drug-likeness (QED) is 0.758. The van der Waals surface area contributed by atoms with Crippen molar-refractivity contribution < 1.29 is 4.79 Å². The lowest BCUT2D eigenvalue weighted by atomic mass is 10.1. The number of nitrogens with zero attached hydrogens (tertiary/aromatic N) is 3. The van der Waals surface area contributed by atoms with Gasteiger partial charge in [0.15, 0.2) is 0 Å². The summed E-state index contributed by atoms with van der Waals surface area (Å²) in [7, 11) is 0. The van der Waals surface area contributed by atoms with Crippen LogP contribution in [0.15, 0.2) is 41.2 Å². The Morgan fingerprint density at radius 1 is 1.21 bits per heavy atom. The minimum atomic E-state index is -0.115. The molecule has 0 aliphatic carbocycles. The Balaban J connectivity index is 1.63. The van der Waals surface area contributed by atoms with E-state index in [9.17, 15) is 9.59 Å². The van der Waals surface area contributed by atoms with E-state index in [0.717, 1.165) is 42.8 Å². The van der Waals surface area contributed by atoms with Crippen LogP contribution in [-0.2, 0) is 24.3 Å². The smallest absolute Gasteiger partial charge is 0.278 e. The number of hydrogen-bond donors (Lipinski definition) is 1. The molecule has 1 aliphatic heterocycles. The third kappa shape index (κ3) is 3.46. The van der Waals surface area contributed by atoms with Crippen LogP contribution in [0.1, 0.15) is 49.3 Å². The Morgan fingerprint density at radius 3 is 2.79 bits per heavy atom. The highest BCUT2D eigenvalue weighted by Crippen LogP contribution is 2.19. The maximum atomic E-state index is 13.2. The number of aryl methyl sites for hydroxylation is 2. The SMILES string of the molecule is Cc1cc2nc3n(c(=O)c2n1CC(=O)NC(C)c1ccccc1)CCCCC3. The van der Waals surface area contributed by atoms with Crippen molar-refractivity contribution in [3.8, 4) is 0 Å². The van der Waals surface area contributed by atoms with Gasteiger partial charge >= 0.3 is 0 Å². The van der Waals surface area contributed by atoms with Crippen molar-refractivity contribution in [3.63, 3.8) is 0 Å². The average molecular weight is 378 g/mol. The number of carbonyl (C=O) groups excluding carboxylic acids is 1. The van der Waals surface area contributed by atoms with Crippen LogP contribution in [0.5, 0.6) is 0 Å². The van der Waals surface area contributed by atoms with E-state index in [4.69, 9.17) is 4.98 Å². The number of carbonyl (C=O) groups is 1. The van der Waals surface area contributed by atoms with Gasteiger partial charge in [-0.15, -0.1) is 0 Å². The molecule has 0 saturated carbocycles. The second kappa shape index (κ2) is 7.62. The number of aromatic nitrogens is 3. The zero-order valence-electron chi connectivity index (χ0n) is 16.4. The van der Waals surface area contributed by atoms with Crippen LogP contribution in [-0.4, -0.2) is 20.0 Å². The molecule has 146 valence electrons. The lowest BCUT2D eigenvalue weighted by Gasteiger charge is -2.16. The maximum absolute atomic E-state index is 13.2. The summed E-state index contributed by atoms with van der Waals surface area (Å²) in [6.07, 6.45) is 4.02. The van der Waals surface area contributed by atoms with Crippen LogP contribution in [0.4, 0.5) is 0 Å². The van der Waals surface area contributed by atoms with Gasteiger partial charge < -0.3 is 9.88 Å². The summed E-state index contributed by atoms with van der Waals surface area (Å²) in [5, 5.41) is 3.03. The van der Waals surface area contributed by atoms with E-state index in [-0.39, 0.29) is 24.1 Å². The second-order valence-electron chi connectivity index (χ2n) is 7.60. The zero-order valence-corrected chi connectivity index (χ0v) is 16.4. The molecule has 1 unspecified atom stereocenters. The van der Waals surface area contributed by atoms with Gasteiger partial charge in [0.2, 0.25) is 5.91 Å². The fraction of sp³-hybridized carbons (Fsp3) is 0.409. The number of benzene rings is 1. The molecule has 0 spiro atoms. The first kappa shape index (κ1) is 18.5. The molecule has 1 amide bonds. The summed E-state index contributed by atoms with van der Waals surface area (Å²) in [5.41, 5.74) is 3.13. The molecule has 6 heteroatoms. The van der Waals surface area contributed by atoms with Crippen LogP contribution in [0, 0.1) is 6.92 Å². The standard InChI is InChI=1S/C22H26N4O2/c1-15-13-18-21(22(28)25-12-8-4-7-11-19(25)24-18)26(15)14-20(27)23-16(2)17-9-5-3-6-10-17/h3,5-6,9-10,13,16H,4,7-8,11-12,14H2,1-2H3,(H,23,27). The van der Waals surface area contributed by atoms with Gasteiger partial charge in [-0.1, -0.05) is 36.8 Å². The van der Waals surface area contributed by atoms with Crippen molar-refractivity contribution in [2.24, 2.45) is 0 Å². The number of hydrogen-bond acceptors (Lipinski definition) is 3. The Kier molecular flexibility index (Phi) is 5.03. The molecule has 0 radical (unpaired) electrons. The fourth-order valence-electron chi connectivity index (χ4n) is 4.02. The molecule has 1 atom stereocenters. The molecule has 1 N–H and O–H groups in total. The predicted octanol–water partition coefficient (Wildman–Crippen LogP) is 3.11. The lowest BCUT2D eigenvalue weighted by molar-refractivity contribution is -0.122. The van der Waals surface area contributed by atoms with Gasteiger partial charge in [0.25, 0.3) is 5.56 Å². The molecule has 0 fully saturated rings. The second-order valence-corrected chi connectivity index (χ2v) is 7.60. The molecule has 6 nitrogen and oxygen atoms in total. The van der Waals surface area contributed by atoms with Crippen molar-refractivity contribution in [2.75, 3.05) is 0 Å². The summed E-state index contributed by atoms with van der Waals surface area (Å²) in [4.78, 5) is 30.6. The van der Waals surface area contributed by atoms with Crippen molar-refractivity contribution >= 4 is 16.9 Å². The van der Waals surface area contributed by atoms with Crippen LogP contribution >= 0.6 is 0 Å². The molecular formula is C22H26N4O2. The molecule has 28 heavy (non-hydrogen) atoms. The summed E-state index contributed by atoms with van der Waals surface area (Å²) >= 11 is 0. The van der Waals surface area contributed by atoms with Crippen molar-refractivity contribution in [3.05, 3.63) is 63.8 Å². The van der Waals surface area contributed by atoms with E-state index >= 15 is 0 Å². The van der Waals surface area contributed by atoms with Crippen LogP contribution in [0.2, 0.25) is 0 Å². The summed E-state index contributed by atoms with van der Waals surface area (Å²) < 4.78 is 3.60. The van der Waals surface area contributed by atoms with Crippen LogP contribution in [0.25, 0.3) is 11.0 Å². The van der Waals surface area contributed by atoms with Gasteiger partial charge in [0.05, 0.1) is 11.6 Å². The third-order valence-electron chi connectivity index (χ3n) is 5.55. The normalized spacial score (nSPS) is 15.1. The number of amides is 1. The summed E-state index contributed by atoms with van der Waals surface area (Å²) in [6, 6.07) is 11.7. The first-order chi connectivity index (χ1) is 13.5. The Labute approximate surface area is 164 Å². The van der Waals surface area contributed by atoms with Crippen LogP contribution < -0.4 is 10.9 Å². The van der Waals surface area contributed by atoms with Crippen molar-refractivity contribution in [1.29, 1.82) is 0 Å². The Hall–Kier alpha value is -2.89. The highest BCUT2D eigenvalue weighted by molar-refractivity contribution is 5.81. The zero-order chi connectivity index (χ0) is 19.7. The predicted molar refractivity (Wildman–Crippen MR) is 109 cm³/mol. The largest absolute Gasteiger partial charge is 0.348 e. The van der Waals surface area contributed by atoms with Crippen LogP contribution in [0.3, 0.4) is 0 Å². The van der Waals surface area contributed by atoms with Gasteiger partial charge in [-0.3, -0.25) is 14.2 Å². The first-order valence-corrected chi connectivity index (χ1v) is 9.98. The molecule has 0 saturated heterocycles. The van der Waals surface area contributed by atoms with E-state index in [1.807, 2.05) is 50.2 Å². The van der Waals surface area contributed by atoms with E-state index in [1.165, 1.54) is 0 Å². The van der Waals surface area contributed by atoms with Crippen molar-refractivity contribution in [2.45, 2.75) is 58.7 Å². The van der Waals surface area contributed by atoms with Gasteiger partial charge in [-0.25, -0.2) is 4.98 Å². The molecular weight excluding hydrogens is 352 g/mol. The minimum absolute atomic E-state index is 0.0288. The molecule has 1 aliphatic rings. The average Bonchev–Trinajstić information content (AvgIpc) is 2.84. The Morgan fingerprint density at radius 2 is 2.00 bits per heavy atom. The van der Waals surface area contributed by atoms with Crippen molar-refractivity contribution in [1.82, 2.24) is 19.4 Å². The van der Waals surface area contributed by atoms with E-state index in [2.05, 4.69) is 5.32 Å². The number of fused-ring (bicyclic) bond motifs is 2. The van der Waals surface area contributed by atoms with E-state index in [1.54, 1.807) is 9.13 Å². The van der Waals surface area contributed by atoms with Gasteiger partial charge in [-0.2, -0.15) is 0 Å². The Bertz CT molecular complexity index is 1070. The molecule has 4 rings (SSSR count). The highest BCUT2D eigenvalue weighted by Gasteiger charge is 2.20. The highest BCUT2D eigenvalue weighted by atomic mass is 16.2. The van der Waals surface area contributed by atoms with Gasteiger partial charge in [-0.05, 0) is 38.3 Å². The third-order valence-corrected chi connectivity index (χ3v) is 5.55. The molecule has 0 bridgehead atoms. The maximum Gasteiger partial charge on any atom is 0.278 e. The summed E-state index contributed by atoms with van der Waals surface area (Å²) in [6.45, 7) is 4.70.